The van der Waals surface area contributed by atoms with Crippen molar-refractivity contribution < 1.29 is 0 Å². The molecule has 0 amide bonds. The van der Waals surface area contributed by atoms with Gasteiger partial charge in [0.1, 0.15) is 0 Å². The molecule has 0 aliphatic heterocycles. The second-order valence-corrected chi connectivity index (χ2v) is 5.73. The van der Waals surface area contributed by atoms with Gasteiger partial charge in [0.2, 0.25) is 0 Å². The zero-order valence-electron chi connectivity index (χ0n) is 12.1. The topological polar surface area (TPSA) is 0 Å². The minimum atomic E-state index is 0.522. The van der Waals surface area contributed by atoms with Gasteiger partial charge in [0.25, 0.3) is 0 Å². The molecule has 1 aromatic carbocycles. The fourth-order valence-corrected chi connectivity index (χ4v) is 2.90. The third-order valence-electron chi connectivity index (χ3n) is 3.86. The number of alkyl halides is 1. The minimum Gasteiger partial charge on any atom is -0.126 e. The molecule has 0 N–H and O–H groups in total. The summed E-state index contributed by atoms with van der Waals surface area (Å²) in [6, 6.07) is 8.83. The maximum atomic E-state index is 6.19. The van der Waals surface area contributed by atoms with E-state index in [1.54, 1.807) is 0 Å². The van der Waals surface area contributed by atoms with Crippen LogP contribution in [0.2, 0.25) is 0 Å². The largest absolute Gasteiger partial charge is 0.126 e. The molecule has 1 aromatic rings. The number of unbranched alkanes of at least 4 members (excludes halogenated alkanes) is 1. The summed E-state index contributed by atoms with van der Waals surface area (Å²) in [5.74, 6) is 2.09. The first-order valence-electron chi connectivity index (χ1n) is 7.33. The smallest absolute Gasteiger partial charge is 0.0292 e. The van der Waals surface area contributed by atoms with Gasteiger partial charge in [-0.15, -0.1) is 11.6 Å². The van der Waals surface area contributed by atoms with Gasteiger partial charge in [-0.2, -0.15) is 0 Å². The average molecular weight is 267 g/mol. The van der Waals surface area contributed by atoms with Crippen LogP contribution in [0, 0.1) is 12.8 Å². The molecule has 0 aromatic heterocycles. The number of aryl methyl sites for hydroxylation is 1. The van der Waals surface area contributed by atoms with Crippen molar-refractivity contribution in [3.8, 4) is 0 Å². The summed E-state index contributed by atoms with van der Waals surface area (Å²) in [7, 11) is 0. The first-order chi connectivity index (χ1) is 8.71. The Labute approximate surface area is 118 Å². The predicted molar refractivity (Wildman–Crippen MR) is 82.6 cm³/mol. The van der Waals surface area contributed by atoms with Gasteiger partial charge >= 0.3 is 0 Å². The molecule has 1 heteroatoms. The van der Waals surface area contributed by atoms with Gasteiger partial charge in [-0.05, 0) is 30.7 Å². The van der Waals surface area contributed by atoms with Crippen LogP contribution in [0.4, 0.5) is 0 Å². The molecule has 0 heterocycles. The Morgan fingerprint density at radius 2 is 2.00 bits per heavy atom. The van der Waals surface area contributed by atoms with Crippen molar-refractivity contribution in [2.45, 2.75) is 58.8 Å². The lowest BCUT2D eigenvalue weighted by Gasteiger charge is -2.21. The van der Waals surface area contributed by atoms with Crippen LogP contribution in [-0.2, 0) is 0 Å². The lowest BCUT2D eigenvalue weighted by molar-refractivity contribution is 0.396. The van der Waals surface area contributed by atoms with Crippen molar-refractivity contribution in [1.29, 1.82) is 0 Å². The van der Waals surface area contributed by atoms with Gasteiger partial charge in [0, 0.05) is 5.88 Å². The highest BCUT2D eigenvalue weighted by molar-refractivity contribution is 6.18. The molecular formula is C17H27Cl. The highest BCUT2D eigenvalue weighted by atomic mass is 35.5. The van der Waals surface area contributed by atoms with Crippen molar-refractivity contribution in [3.63, 3.8) is 0 Å². The summed E-state index contributed by atoms with van der Waals surface area (Å²) in [6.07, 6.45) is 6.52. The minimum absolute atomic E-state index is 0.522. The highest BCUT2D eigenvalue weighted by Gasteiger charge is 2.16. The van der Waals surface area contributed by atoms with E-state index in [1.807, 2.05) is 0 Å². The Morgan fingerprint density at radius 3 is 2.56 bits per heavy atom. The third-order valence-corrected chi connectivity index (χ3v) is 4.23. The fourth-order valence-electron chi connectivity index (χ4n) is 2.60. The highest BCUT2D eigenvalue weighted by Crippen LogP contribution is 2.29. The quantitative estimate of drug-likeness (QED) is 0.512. The lowest BCUT2D eigenvalue weighted by Crippen LogP contribution is -2.09. The zero-order valence-corrected chi connectivity index (χ0v) is 12.8. The van der Waals surface area contributed by atoms with Gasteiger partial charge in [-0.1, -0.05) is 69.4 Å². The van der Waals surface area contributed by atoms with Crippen molar-refractivity contribution in [1.82, 2.24) is 0 Å². The number of hydrogen-bond acceptors (Lipinski definition) is 0. The van der Waals surface area contributed by atoms with Crippen molar-refractivity contribution in [2.75, 3.05) is 5.88 Å². The number of halogens is 1. The maximum absolute atomic E-state index is 6.19. The van der Waals surface area contributed by atoms with E-state index in [0.717, 1.165) is 11.8 Å². The molecule has 102 valence electrons. The van der Waals surface area contributed by atoms with E-state index in [-0.39, 0.29) is 0 Å². The first kappa shape index (κ1) is 15.6. The molecule has 1 rings (SSSR count). The monoisotopic (exact) mass is 266 g/mol. The van der Waals surface area contributed by atoms with Crippen LogP contribution in [0.3, 0.4) is 0 Å². The molecule has 2 atom stereocenters. The van der Waals surface area contributed by atoms with Crippen LogP contribution >= 0.6 is 11.6 Å². The second kappa shape index (κ2) is 8.58. The summed E-state index contributed by atoms with van der Waals surface area (Å²) in [4.78, 5) is 0. The van der Waals surface area contributed by atoms with Crippen molar-refractivity contribution >= 4 is 11.6 Å². The standard InChI is InChI=1S/C17H27Cl/c1-4-6-9-15(5-2)12-17(13-18)16-10-7-8-14(3)11-16/h7-8,10-11,15,17H,4-6,9,12-13H2,1-3H3. The number of rotatable bonds is 8. The van der Waals surface area contributed by atoms with E-state index < -0.39 is 0 Å². The molecule has 0 spiro atoms. The first-order valence-corrected chi connectivity index (χ1v) is 7.87. The molecule has 0 radical (unpaired) electrons. The van der Waals surface area contributed by atoms with Gasteiger partial charge < -0.3 is 0 Å². The Balaban J connectivity index is 2.65. The molecule has 0 aliphatic rings. The van der Waals surface area contributed by atoms with E-state index >= 15 is 0 Å². The van der Waals surface area contributed by atoms with Gasteiger partial charge in [-0.3, -0.25) is 0 Å². The van der Waals surface area contributed by atoms with E-state index in [0.29, 0.717) is 5.92 Å². The Kier molecular flexibility index (Phi) is 7.42. The van der Waals surface area contributed by atoms with Crippen LogP contribution in [0.1, 0.15) is 63.0 Å². The summed E-state index contributed by atoms with van der Waals surface area (Å²) in [6.45, 7) is 6.73. The summed E-state index contributed by atoms with van der Waals surface area (Å²) < 4.78 is 0. The fraction of sp³-hybridized carbons (Fsp3) is 0.647. The Bertz CT molecular complexity index is 332. The Hall–Kier alpha value is -0.490. The van der Waals surface area contributed by atoms with Gasteiger partial charge in [0.05, 0.1) is 0 Å². The SMILES string of the molecule is CCCCC(CC)CC(CCl)c1cccc(C)c1. The number of benzene rings is 1. The van der Waals surface area contributed by atoms with Gasteiger partial charge in [0.15, 0.2) is 0 Å². The molecule has 0 fully saturated rings. The van der Waals surface area contributed by atoms with Crippen molar-refractivity contribution in [2.24, 2.45) is 5.92 Å². The predicted octanol–water partition coefficient (Wildman–Crippen LogP) is 5.92. The van der Waals surface area contributed by atoms with Crippen LogP contribution in [-0.4, -0.2) is 5.88 Å². The van der Waals surface area contributed by atoms with Crippen LogP contribution in [0.25, 0.3) is 0 Å². The van der Waals surface area contributed by atoms with Crippen LogP contribution in [0.5, 0.6) is 0 Å². The van der Waals surface area contributed by atoms with E-state index in [1.165, 1.54) is 43.2 Å². The maximum Gasteiger partial charge on any atom is 0.0292 e. The van der Waals surface area contributed by atoms with E-state index in [9.17, 15) is 0 Å². The van der Waals surface area contributed by atoms with Crippen LogP contribution in [0.15, 0.2) is 24.3 Å². The molecular weight excluding hydrogens is 240 g/mol. The molecule has 0 nitrogen and oxygen atoms in total. The average Bonchev–Trinajstić information content (AvgIpc) is 2.39. The summed E-state index contributed by atoms with van der Waals surface area (Å²) in [5, 5.41) is 0. The van der Waals surface area contributed by atoms with E-state index in [4.69, 9.17) is 11.6 Å². The molecule has 2 unspecified atom stereocenters. The van der Waals surface area contributed by atoms with Crippen LogP contribution < -0.4 is 0 Å². The van der Waals surface area contributed by atoms with Crippen molar-refractivity contribution in [3.05, 3.63) is 35.4 Å². The molecule has 18 heavy (non-hydrogen) atoms. The number of hydrogen-bond donors (Lipinski definition) is 0. The molecule has 0 saturated heterocycles. The zero-order chi connectivity index (χ0) is 13.4. The Morgan fingerprint density at radius 1 is 1.22 bits per heavy atom. The van der Waals surface area contributed by atoms with Gasteiger partial charge in [-0.25, -0.2) is 0 Å². The summed E-state index contributed by atoms with van der Waals surface area (Å²) in [5.41, 5.74) is 2.75. The molecule has 0 aliphatic carbocycles. The molecule has 0 saturated carbocycles. The third kappa shape index (κ3) is 5.02. The van der Waals surface area contributed by atoms with E-state index in [2.05, 4.69) is 45.0 Å². The second-order valence-electron chi connectivity index (χ2n) is 5.42. The normalized spacial score (nSPS) is 14.4. The summed E-state index contributed by atoms with van der Waals surface area (Å²) >= 11 is 6.19. The molecule has 0 bridgehead atoms. The lowest BCUT2D eigenvalue weighted by atomic mass is 9.85.